The van der Waals surface area contributed by atoms with Crippen molar-refractivity contribution in [3.05, 3.63) is 89.2 Å². The number of hydrogen-bond donors (Lipinski definition) is 0. The van der Waals surface area contributed by atoms with Gasteiger partial charge in [0.1, 0.15) is 29.3 Å². The maximum Gasteiger partial charge on any atom is 0.410 e. The van der Waals surface area contributed by atoms with Crippen LogP contribution in [-0.2, 0) is 17.9 Å². The van der Waals surface area contributed by atoms with E-state index in [-0.39, 0.29) is 11.9 Å². The second kappa shape index (κ2) is 11.0. The predicted molar refractivity (Wildman–Crippen MR) is 151 cm³/mol. The molecular formula is C31H35FN4O3. The lowest BCUT2D eigenvalue weighted by molar-refractivity contribution is 0.0240. The van der Waals surface area contributed by atoms with Crippen LogP contribution in [0.15, 0.2) is 66.7 Å². The molecule has 2 heterocycles. The topological polar surface area (TPSA) is 59.8 Å². The van der Waals surface area contributed by atoms with Crippen molar-refractivity contribution in [3.63, 3.8) is 0 Å². The first kappa shape index (κ1) is 26.5. The van der Waals surface area contributed by atoms with E-state index in [1.807, 2.05) is 81.4 Å². The zero-order chi connectivity index (χ0) is 27.6. The maximum atomic E-state index is 14.0. The number of piperazine rings is 1. The lowest BCUT2D eigenvalue weighted by Gasteiger charge is -2.36. The van der Waals surface area contributed by atoms with Crippen molar-refractivity contribution in [2.75, 3.05) is 31.1 Å². The monoisotopic (exact) mass is 530 g/mol. The SMILES string of the molecule is Cc1cc(Cn2c(N3CCN(C(=O)OC(C)(C)C)CC3)nc3c(OCc4ccccc4)cccc32)ccc1F. The van der Waals surface area contributed by atoms with Gasteiger partial charge in [-0.15, -0.1) is 0 Å². The Balaban J connectivity index is 1.45. The number of carbonyl (C=O) groups excluding carboxylic acids is 1. The summed E-state index contributed by atoms with van der Waals surface area (Å²) >= 11 is 0. The number of amides is 1. The van der Waals surface area contributed by atoms with Gasteiger partial charge < -0.3 is 23.8 Å². The summed E-state index contributed by atoms with van der Waals surface area (Å²) in [5.41, 5.74) is 3.85. The normalized spacial score (nSPS) is 14.1. The molecule has 5 rings (SSSR count). The molecule has 39 heavy (non-hydrogen) atoms. The van der Waals surface area contributed by atoms with Gasteiger partial charge in [0.05, 0.1) is 12.1 Å². The van der Waals surface area contributed by atoms with Crippen LogP contribution in [0.5, 0.6) is 5.75 Å². The van der Waals surface area contributed by atoms with Gasteiger partial charge in [-0.1, -0.05) is 48.5 Å². The number of imidazole rings is 1. The van der Waals surface area contributed by atoms with Crippen molar-refractivity contribution in [2.45, 2.75) is 46.4 Å². The molecule has 0 N–H and O–H groups in total. The zero-order valence-electron chi connectivity index (χ0n) is 23.0. The number of para-hydroxylation sites is 1. The summed E-state index contributed by atoms with van der Waals surface area (Å²) < 4.78 is 27.9. The van der Waals surface area contributed by atoms with E-state index >= 15 is 0 Å². The van der Waals surface area contributed by atoms with Crippen molar-refractivity contribution >= 4 is 23.1 Å². The minimum atomic E-state index is -0.536. The van der Waals surface area contributed by atoms with Gasteiger partial charge in [0.2, 0.25) is 5.95 Å². The number of fused-ring (bicyclic) bond motifs is 1. The van der Waals surface area contributed by atoms with Crippen molar-refractivity contribution in [1.29, 1.82) is 0 Å². The fourth-order valence-corrected chi connectivity index (χ4v) is 4.76. The minimum Gasteiger partial charge on any atom is -0.487 e. The summed E-state index contributed by atoms with van der Waals surface area (Å²) in [6.45, 7) is 10.7. The van der Waals surface area contributed by atoms with E-state index in [1.165, 1.54) is 6.07 Å². The van der Waals surface area contributed by atoms with Crippen LogP contribution in [0.3, 0.4) is 0 Å². The molecule has 0 aliphatic carbocycles. The molecule has 1 fully saturated rings. The van der Waals surface area contributed by atoms with Crippen LogP contribution in [0.2, 0.25) is 0 Å². The molecule has 1 aliphatic heterocycles. The first-order valence-electron chi connectivity index (χ1n) is 13.3. The molecule has 7 nitrogen and oxygen atoms in total. The summed E-state index contributed by atoms with van der Waals surface area (Å²) in [6.07, 6.45) is -0.297. The largest absolute Gasteiger partial charge is 0.487 e. The van der Waals surface area contributed by atoms with Crippen molar-refractivity contribution < 1.29 is 18.7 Å². The van der Waals surface area contributed by atoms with E-state index < -0.39 is 5.60 Å². The molecular weight excluding hydrogens is 495 g/mol. The highest BCUT2D eigenvalue weighted by Gasteiger charge is 2.28. The summed E-state index contributed by atoms with van der Waals surface area (Å²) in [5.74, 6) is 1.29. The molecule has 4 aromatic rings. The first-order chi connectivity index (χ1) is 18.7. The molecule has 0 saturated carbocycles. The Labute approximate surface area is 228 Å². The van der Waals surface area contributed by atoms with Gasteiger partial charge >= 0.3 is 6.09 Å². The Bertz CT molecular complexity index is 1450. The van der Waals surface area contributed by atoms with E-state index in [1.54, 1.807) is 11.8 Å². The van der Waals surface area contributed by atoms with Gasteiger partial charge in [0.15, 0.2) is 0 Å². The molecule has 0 spiro atoms. The van der Waals surface area contributed by atoms with Crippen LogP contribution >= 0.6 is 0 Å². The van der Waals surface area contributed by atoms with Crippen molar-refractivity contribution in [1.82, 2.24) is 14.5 Å². The van der Waals surface area contributed by atoms with E-state index in [4.69, 9.17) is 14.5 Å². The summed E-state index contributed by atoms with van der Waals surface area (Å²) in [4.78, 5) is 21.6. The van der Waals surface area contributed by atoms with Crippen LogP contribution in [0.1, 0.15) is 37.5 Å². The van der Waals surface area contributed by atoms with Gasteiger partial charge in [-0.2, -0.15) is 0 Å². The van der Waals surface area contributed by atoms with Gasteiger partial charge in [-0.05, 0) is 62.6 Å². The number of aryl methyl sites for hydroxylation is 1. The Morgan fingerprint density at radius 3 is 2.38 bits per heavy atom. The number of rotatable bonds is 6. The molecule has 1 aliphatic rings. The Kier molecular flexibility index (Phi) is 7.46. The number of ether oxygens (including phenoxy) is 2. The lowest BCUT2D eigenvalue weighted by atomic mass is 10.1. The first-order valence-corrected chi connectivity index (χ1v) is 13.3. The van der Waals surface area contributed by atoms with Gasteiger partial charge in [0, 0.05) is 26.2 Å². The summed E-state index contributed by atoms with van der Waals surface area (Å²) in [5, 5.41) is 0. The summed E-state index contributed by atoms with van der Waals surface area (Å²) in [6, 6.07) is 21.2. The molecule has 0 radical (unpaired) electrons. The highest BCUT2D eigenvalue weighted by atomic mass is 19.1. The van der Waals surface area contributed by atoms with Crippen molar-refractivity contribution in [3.8, 4) is 5.75 Å². The Morgan fingerprint density at radius 1 is 0.949 bits per heavy atom. The Morgan fingerprint density at radius 2 is 1.69 bits per heavy atom. The number of benzene rings is 3. The number of aromatic nitrogens is 2. The van der Waals surface area contributed by atoms with Crippen LogP contribution in [-0.4, -0.2) is 52.3 Å². The van der Waals surface area contributed by atoms with E-state index in [0.29, 0.717) is 50.6 Å². The zero-order valence-corrected chi connectivity index (χ0v) is 23.0. The third-order valence-corrected chi connectivity index (χ3v) is 6.74. The number of hydrogen-bond acceptors (Lipinski definition) is 5. The summed E-state index contributed by atoms with van der Waals surface area (Å²) in [7, 11) is 0. The molecule has 3 aromatic carbocycles. The molecule has 1 saturated heterocycles. The molecule has 0 atom stereocenters. The predicted octanol–water partition coefficient (Wildman–Crippen LogP) is 6.17. The van der Waals surface area contributed by atoms with Crippen molar-refractivity contribution in [2.24, 2.45) is 0 Å². The van der Waals surface area contributed by atoms with E-state index in [9.17, 15) is 9.18 Å². The number of halogens is 1. The minimum absolute atomic E-state index is 0.218. The van der Waals surface area contributed by atoms with E-state index in [0.717, 1.165) is 28.1 Å². The average molecular weight is 531 g/mol. The van der Waals surface area contributed by atoms with E-state index in [2.05, 4.69) is 9.47 Å². The van der Waals surface area contributed by atoms with Crippen LogP contribution in [0.4, 0.5) is 15.1 Å². The van der Waals surface area contributed by atoms with Crippen LogP contribution in [0.25, 0.3) is 11.0 Å². The van der Waals surface area contributed by atoms with Gasteiger partial charge in [-0.3, -0.25) is 0 Å². The number of anilines is 1. The number of nitrogens with zero attached hydrogens (tertiary/aromatic N) is 4. The maximum absolute atomic E-state index is 14.0. The molecule has 8 heteroatoms. The quantitative estimate of drug-likeness (QED) is 0.299. The fraction of sp³-hybridized carbons (Fsp3) is 0.355. The molecule has 204 valence electrons. The second-order valence-corrected chi connectivity index (χ2v) is 10.9. The average Bonchev–Trinajstić information content (AvgIpc) is 3.28. The van der Waals surface area contributed by atoms with Crippen LogP contribution in [0, 0.1) is 12.7 Å². The molecule has 1 aromatic heterocycles. The highest BCUT2D eigenvalue weighted by Crippen LogP contribution is 2.32. The molecule has 1 amide bonds. The standard InChI is InChI=1S/C31H35FN4O3/c1-22-19-24(13-14-25(22)32)20-36-26-11-8-12-27(38-21-23-9-6-5-7-10-23)28(26)33-29(36)34-15-17-35(18-16-34)30(37)39-31(2,3)4/h5-14,19H,15-18,20-21H2,1-4H3. The highest BCUT2D eigenvalue weighted by molar-refractivity contribution is 5.85. The second-order valence-electron chi connectivity index (χ2n) is 10.9. The molecule has 0 unspecified atom stereocenters. The van der Waals surface area contributed by atoms with Gasteiger partial charge in [-0.25, -0.2) is 14.2 Å². The Hall–Kier alpha value is -4.07. The van der Waals surface area contributed by atoms with Crippen LogP contribution < -0.4 is 9.64 Å². The third kappa shape index (κ3) is 6.16. The molecule has 0 bridgehead atoms. The smallest absolute Gasteiger partial charge is 0.410 e. The third-order valence-electron chi connectivity index (χ3n) is 6.74. The lowest BCUT2D eigenvalue weighted by Crippen LogP contribution is -2.50. The number of carbonyl (C=O) groups is 1. The van der Waals surface area contributed by atoms with Gasteiger partial charge in [0.25, 0.3) is 0 Å². The fourth-order valence-electron chi connectivity index (χ4n) is 4.76.